The van der Waals surface area contributed by atoms with Gasteiger partial charge in [-0.3, -0.25) is 9.59 Å². The van der Waals surface area contributed by atoms with Crippen LogP contribution in [0.1, 0.15) is 34.8 Å². The highest BCUT2D eigenvalue weighted by Crippen LogP contribution is 2.22. The molecule has 4 nitrogen and oxygen atoms in total. The molecule has 0 bridgehead atoms. The van der Waals surface area contributed by atoms with Gasteiger partial charge in [0.15, 0.2) is 0 Å². The summed E-state index contributed by atoms with van der Waals surface area (Å²) in [6, 6.07) is 20.1. The van der Waals surface area contributed by atoms with Gasteiger partial charge < -0.3 is 10.2 Å². The summed E-state index contributed by atoms with van der Waals surface area (Å²) in [6.07, 6.45) is 1.15. The molecule has 0 saturated heterocycles. The molecule has 0 atom stereocenters. The Labute approximate surface area is 186 Å². The van der Waals surface area contributed by atoms with Crippen LogP contribution in [-0.4, -0.2) is 18.4 Å². The Morgan fingerprint density at radius 2 is 1.68 bits per heavy atom. The normalized spacial score (nSPS) is 10.5. The van der Waals surface area contributed by atoms with Gasteiger partial charge in [-0.15, -0.1) is 0 Å². The Balaban J connectivity index is 1.85. The fourth-order valence-corrected chi connectivity index (χ4v) is 3.28. The Morgan fingerprint density at radius 3 is 2.32 bits per heavy atom. The number of nitrogens with one attached hydrogen (secondary N) is 1. The van der Waals surface area contributed by atoms with Crippen molar-refractivity contribution in [1.29, 1.82) is 0 Å². The van der Waals surface area contributed by atoms with Gasteiger partial charge in [0.25, 0.3) is 5.91 Å². The van der Waals surface area contributed by atoms with Crippen molar-refractivity contribution in [1.82, 2.24) is 5.32 Å². The summed E-state index contributed by atoms with van der Waals surface area (Å²) in [6.45, 7) is 2.85. The lowest BCUT2D eigenvalue weighted by molar-refractivity contribution is -0.120. The van der Waals surface area contributed by atoms with Gasteiger partial charge in [0.2, 0.25) is 5.91 Å². The predicted molar refractivity (Wildman–Crippen MR) is 122 cm³/mol. The molecule has 0 aliphatic heterocycles. The minimum absolute atomic E-state index is 0.0385. The highest BCUT2D eigenvalue weighted by molar-refractivity contribution is 6.30. The molecule has 0 aliphatic rings. The van der Waals surface area contributed by atoms with Crippen LogP contribution in [0.4, 0.5) is 10.1 Å². The van der Waals surface area contributed by atoms with Crippen LogP contribution in [0.25, 0.3) is 0 Å². The summed E-state index contributed by atoms with van der Waals surface area (Å²) < 4.78 is 13.7. The zero-order valence-electron chi connectivity index (χ0n) is 17.3. The van der Waals surface area contributed by atoms with E-state index in [9.17, 15) is 14.0 Å². The van der Waals surface area contributed by atoms with Crippen LogP contribution in [0.2, 0.25) is 5.02 Å². The van der Waals surface area contributed by atoms with Gasteiger partial charge >= 0.3 is 0 Å². The third kappa shape index (κ3) is 6.40. The first-order chi connectivity index (χ1) is 15.0. The number of carbonyl (C=O) groups is 2. The van der Waals surface area contributed by atoms with Gasteiger partial charge in [-0.05, 0) is 66.1 Å². The second kappa shape index (κ2) is 10.7. The molecule has 2 amide bonds. The average Bonchev–Trinajstić information content (AvgIpc) is 2.77. The quantitative estimate of drug-likeness (QED) is 0.512. The number of halogens is 2. The molecule has 0 aliphatic carbocycles. The van der Waals surface area contributed by atoms with Crippen molar-refractivity contribution in [2.24, 2.45) is 0 Å². The van der Waals surface area contributed by atoms with E-state index in [4.69, 9.17) is 11.6 Å². The molecule has 0 spiro atoms. The molecule has 3 aromatic carbocycles. The van der Waals surface area contributed by atoms with E-state index >= 15 is 0 Å². The monoisotopic (exact) mass is 438 g/mol. The van der Waals surface area contributed by atoms with Crippen molar-refractivity contribution < 1.29 is 14.0 Å². The number of rotatable bonds is 8. The maximum Gasteiger partial charge on any atom is 0.258 e. The number of hydrogen-bond donors (Lipinski definition) is 1. The number of hydrogen-bond acceptors (Lipinski definition) is 2. The van der Waals surface area contributed by atoms with Crippen molar-refractivity contribution in [2.75, 3.05) is 11.4 Å². The zero-order valence-corrected chi connectivity index (χ0v) is 18.0. The second-order valence-electron chi connectivity index (χ2n) is 7.22. The minimum Gasteiger partial charge on any atom is -0.356 e. The standard InChI is InChI=1S/C25H24ClFN2O2/c1-2-14-28-24(30)16-18-6-12-23(13-7-18)29(17-19-4-3-5-22(27)15-19)25(31)20-8-10-21(26)11-9-20/h3-13,15H,2,14,16-17H2,1H3,(H,28,30). The van der Waals surface area contributed by atoms with Gasteiger partial charge in [-0.25, -0.2) is 4.39 Å². The third-order valence-electron chi connectivity index (χ3n) is 4.75. The summed E-state index contributed by atoms with van der Waals surface area (Å²) in [5.74, 6) is -0.623. The summed E-state index contributed by atoms with van der Waals surface area (Å²) in [4.78, 5) is 26.8. The van der Waals surface area contributed by atoms with Crippen LogP contribution >= 0.6 is 11.6 Å². The molecule has 1 N–H and O–H groups in total. The smallest absolute Gasteiger partial charge is 0.258 e. The van der Waals surface area contributed by atoms with Gasteiger partial charge in [0, 0.05) is 22.8 Å². The largest absolute Gasteiger partial charge is 0.356 e. The maximum atomic E-state index is 13.7. The lowest BCUT2D eigenvalue weighted by atomic mass is 10.1. The fourth-order valence-electron chi connectivity index (χ4n) is 3.15. The third-order valence-corrected chi connectivity index (χ3v) is 5.00. The molecule has 3 aromatic rings. The average molecular weight is 439 g/mol. The van der Waals surface area contributed by atoms with Gasteiger partial charge in [0.05, 0.1) is 13.0 Å². The Kier molecular flexibility index (Phi) is 7.79. The lowest BCUT2D eigenvalue weighted by Gasteiger charge is -2.23. The molecule has 31 heavy (non-hydrogen) atoms. The summed E-state index contributed by atoms with van der Waals surface area (Å²) in [5.41, 5.74) is 2.65. The summed E-state index contributed by atoms with van der Waals surface area (Å²) in [7, 11) is 0. The van der Waals surface area contributed by atoms with E-state index in [2.05, 4.69) is 5.32 Å². The molecule has 160 valence electrons. The van der Waals surface area contributed by atoms with Crippen molar-refractivity contribution in [3.05, 3.63) is 100 Å². The summed E-state index contributed by atoms with van der Waals surface area (Å²) in [5, 5.41) is 3.39. The van der Waals surface area contributed by atoms with E-state index in [1.165, 1.54) is 12.1 Å². The van der Waals surface area contributed by atoms with Crippen LogP contribution in [0, 0.1) is 5.82 Å². The predicted octanol–water partition coefficient (Wildman–Crippen LogP) is 5.39. The number of nitrogens with zero attached hydrogens (tertiary/aromatic N) is 1. The maximum absolute atomic E-state index is 13.7. The molecule has 0 saturated carbocycles. The van der Waals surface area contributed by atoms with Crippen LogP contribution in [0.5, 0.6) is 0 Å². The van der Waals surface area contributed by atoms with Crippen molar-refractivity contribution in [3.63, 3.8) is 0 Å². The first-order valence-corrected chi connectivity index (χ1v) is 10.5. The zero-order chi connectivity index (χ0) is 22.2. The van der Waals surface area contributed by atoms with Crippen LogP contribution < -0.4 is 10.2 Å². The molecular formula is C25H24ClFN2O2. The van der Waals surface area contributed by atoms with E-state index in [-0.39, 0.29) is 30.6 Å². The molecule has 0 radical (unpaired) electrons. The number of amides is 2. The molecule has 0 fully saturated rings. The van der Waals surface area contributed by atoms with Gasteiger partial charge in [-0.1, -0.05) is 42.8 Å². The number of anilines is 1. The first-order valence-electron chi connectivity index (χ1n) is 10.1. The van der Waals surface area contributed by atoms with Crippen molar-refractivity contribution in [3.8, 4) is 0 Å². The molecule has 3 rings (SSSR count). The molecule has 0 unspecified atom stereocenters. The van der Waals surface area contributed by atoms with Crippen molar-refractivity contribution in [2.45, 2.75) is 26.3 Å². The molecule has 6 heteroatoms. The second-order valence-corrected chi connectivity index (χ2v) is 7.66. The first kappa shape index (κ1) is 22.5. The van der Waals surface area contributed by atoms with E-state index in [1.54, 1.807) is 53.4 Å². The van der Waals surface area contributed by atoms with E-state index in [0.29, 0.717) is 28.4 Å². The van der Waals surface area contributed by atoms with E-state index < -0.39 is 0 Å². The Morgan fingerprint density at radius 1 is 0.968 bits per heavy atom. The summed E-state index contributed by atoms with van der Waals surface area (Å²) >= 11 is 5.95. The highest BCUT2D eigenvalue weighted by Gasteiger charge is 2.19. The molecular weight excluding hydrogens is 415 g/mol. The molecule has 0 aromatic heterocycles. The van der Waals surface area contributed by atoms with E-state index in [1.807, 2.05) is 19.1 Å². The van der Waals surface area contributed by atoms with Crippen LogP contribution in [-0.2, 0) is 17.8 Å². The van der Waals surface area contributed by atoms with Crippen LogP contribution in [0.3, 0.4) is 0 Å². The molecule has 0 heterocycles. The SMILES string of the molecule is CCCNC(=O)Cc1ccc(N(Cc2cccc(F)c2)C(=O)c2ccc(Cl)cc2)cc1. The number of carbonyl (C=O) groups excluding carboxylic acids is 2. The Bertz CT molecular complexity index is 1040. The van der Waals surface area contributed by atoms with Crippen LogP contribution in [0.15, 0.2) is 72.8 Å². The fraction of sp³-hybridized carbons (Fsp3) is 0.200. The lowest BCUT2D eigenvalue weighted by Crippen LogP contribution is -2.30. The van der Waals surface area contributed by atoms with Crippen molar-refractivity contribution >= 4 is 29.1 Å². The minimum atomic E-state index is -0.357. The Hall–Kier alpha value is -3.18. The van der Waals surface area contributed by atoms with Gasteiger partial charge in [0.1, 0.15) is 5.82 Å². The number of benzene rings is 3. The van der Waals surface area contributed by atoms with E-state index in [0.717, 1.165) is 12.0 Å². The highest BCUT2D eigenvalue weighted by atomic mass is 35.5. The van der Waals surface area contributed by atoms with Gasteiger partial charge in [-0.2, -0.15) is 0 Å². The topological polar surface area (TPSA) is 49.4 Å².